The van der Waals surface area contributed by atoms with Crippen molar-refractivity contribution in [1.82, 2.24) is 35.0 Å². The van der Waals surface area contributed by atoms with Gasteiger partial charge in [0.25, 0.3) is 0 Å². The van der Waals surface area contributed by atoms with Crippen LogP contribution in [-0.2, 0) is 0 Å². The molecule has 0 amide bonds. The molecule has 32 heavy (non-hydrogen) atoms. The number of hydrogen-bond donors (Lipinski definition) is 2. The molecule has 1 saturated heterocycles. The van der Waals surface area contributed by atoms with E-state index in [4.69, 9.17) is 4.98 Å². The third-order valence-corrected chi connectivity index (χ3v) is 6.35. The SMILES string of the molecule is Cc1ccncc1-c1ccc2[nH]nc(-c3nc4nccc(N5CCN(C)CC5)c4[nH]3)c2c1. The van der Waals surface area contributed by atoms with Crippen LogP contribution in [-0.4, -0.2) is 68.3 Å². The van der Waals surface area contributed by atoms with Crippen molar-refractivity contribution in [3.05, 3.63) is 54.5 Å². The normalized spacial score (nSPS) is 15.1. The topological polar surface area (TPSA) is 89.6 Å². The lowest BCUT2D eigenvalue weighted by molar-refractivity contribution is 0.313. The highest BCUT2D eigenvalue weighted by molar-refractivity contribution is 5.96. The number of hydrogen-bond acceptors (Lipinski definition) is 6. The van der Waals surface area contributed by atoms with Gasteiger partial charge in [0.05, 0.1) is 11.2 Å². The predicted molar refractivity (Wildman–Crippen MR) is 127 cm³/mol. The molecule has 2 N–H and O–H groups in total. The summed E-state index contributed by atoms with van der Waals surface area (Å²) in [5.41, 5.74) is 8.00. The standard InChI is InChI=1S/C24H24N8/c1-15-5-7-25-14-18(15)16-3-4-19-17(13-16)21(30-29-19)24-27-22-20(6-8-26-23(22)28-24)32-11-9-31(2)10-12-32/h3-8,13-14H,9-12H2,1-2H3,(H,29,30)(H,26,27,28). The van der Waals surface area contributed by atoms with Crippen LogP contribution in [0.25, 0.3) is 44.7 Å². The number of nitrogens with zero attached hydrogens (tertiary/aromatic N) is 6. The fraction of sp³-hybridized carbons (Fsp3) is 0.250. The number of imidazole rings is 1. The van der Waals surface area contributed by atoms with Crippen molar-refractivity contribution in [2.75, 3.05) is 38.1 Å². The Bertz CT molecular complexity index is 1420. The van der Waals surface area contributed by atoms with Gasteiger partial charge in [-0.05, 0) is 49.4 Å². The van der Waals surface area contributed by atoms with Crippen molar-refractivity contribution in [1.29, 1.82) is 0 Å². The molecule has 8 nitrogen and oxygen atoms in total. The number of piperazine rings is 1. The smallest absolute Gasteiger partial charge is 0.180 e. The molecule has 0 spiro atoms. The van der Waals surface area contributed by atoms with E-state index in [2.05, 4.69) is 73.2 Å². The maximum Gasteiger partial charge on any atom is 0.180 e. The van der Waals surface area contributed by atoms with E-state index in [0.29, 0.717) is 5.65 Å². The molecular weight excluding hydrogens is 400 g/mol. The summed E-state index contributed by atoms with van der Waals surface area (Å²) >= 11 is 0. The molecular formula is C24H24N8. The summed E-state index contributed by atoms with van der Waals surface area (Å²) in [6.45, 7) is 6.17. The lowest BCUT2D eigenvalue weighted by atomic mass is 10.0. The summed E-state index contributed by atoms with van der Waals surface area (Å²) in [4.78, 5) is 21.9. The van der Waals surface area contributed by atoms with E-state index in [1.54, 1.807) is 0 Å². The minimum absolute atomic E-state index is 0.715. The predicted octanol–water partition coefficient (Wildman–Crippen LogP) is 3.62. The van der Waals surface area contributed by atoms with Gasteiger partial charge < -0.3 is 14.8 Å². The molecule has 0 aliphatic carbocycles. The summed E-state index contributed by atoms with van der Waals surface area (Å²) in [5, 5.41) is 8.75. The minimum atomic E-state index is 0.715. The van der Waals surface area contributed by atoms with Gasteiger partial charge in [0, 0.05) is 55.7 Å². The Balaban J connectivity index is 1.45. The van der Waals surface area contributed by atoms with Crippen LogP contribution in [0.2, 0.25) is 0 Å². The molecule has 4 aromatic heterocycles. The average Bonchev–Trinajstić information content (AvgIpc) is 3.43. The molecule has 1 fully saturated rings. The second-order valence-corrected chi connectivity index (χ2v) is 8.43. The maximum atomic E-state index is 4.80. The third-order valence-electron chi connectivity index (χ3n) is 6.35. The molecule has 0 unspecified atom stereocenters. The van der Waals surface area contributed by atoms with E-state index in [0.717, 1.165) is 70.9 Å². The highest BCUT2D eigenvalue weighted by atomic mass is 15.3. The van der Waals surface area contributed by atoms with Gasteiger partial charge in [0.1, 0.15) is 11.2 Å². The van der Waals surface area contributed by atoms with Gasteiger partial charge in [0.15, 0.2) is 11.5 Å². The molecule has 8 heteroatoms. The Morgan fingerprint density at radius 1 is 1.00 bits per heavy atom. The summed E-state index contributed by atoms with van der Waals surface area (Å²) in [7, 11) is 2.16. The first-order valence-corrected chi connectivity index (χ1v) is 10.8. The van der Waals surface area contributed by atoms with Gasteiger partial charge in [-0.2, -0.15) is 5.10 Å². The lowest BCUT2D eigenvalue weighted by Gasteiger charge is -2.34. The Hall–Kier alpha value is -3.78. The first-order valence-electron chi connectivity index (χ1n) is 10.8. The second kappa shape index (κ2) is 7.42. The number of H-pyrrole nitrogens is 2. The number of anilines is 1. The van der Waals surface area contributed by atoms with Gasteiger partial charge in [-0.15, -0.1) is 0 Å². The Morgan fingerprint density at radius 3 is 2.72 bits per heavy atom. The first kappa shape index (κ1) is 18.9. The molecule has 5 aromatic rings. The molecule has 0 saturated carbocycles. The summed E-state index contributed by atoms with van der Waals surface area (Å²) in [5.74, 6) is 0.723. The van der Waals surface area contributed by atoms with E-state index >= 15 is 0 Å². The summed E-state index contributed by atoms with van der Waals surface area (Å²) in [6.07, 6.45) is 5.57. The molecule has 1 aliphatic rings. The quantitative estimate of drug-likeness (QED) is 0.460. The first-order chi connectivity index (χ1) is 15.7. The molecule has 5 heterocycles. The molecule has 0 radical (unpaired) electrons. The number of benzene rings is 1. The number of rotatable bonds is 3. The lowest BCUT2D eigenvalue weighted by Crippen LogP contribution is -2.44. The highest BCUT2D eigenvalue weighted by Gasteiger charge is 2.20. The molecule has 0 atom stereocenters. The van der Waals surface area contributed by atoms with Crippen molar-refractivity contribution in [3.8, 4) is 22.6 Å². The van der Waals surface area contributed by atoms with Crippen LogP contribution < -0.4 is 4.90 Å². The van der Waals surface area contributed by atoms with Crippen LogP contribution in [0.5, 0.6) is 0 Å². The number of pyridine rings is 2. The largest absolute Gasteiger partial charge is 0.367 e. The molecule has 160 valence electrons. The van der Waals surface area contributed by atoms with Crippen LogP contribution in [0, 0.1) is 6.92 Å². The van der Waals surface area contributed by atoms with Gasteiger partial charge in [-0.1, -0.05) is 6.07 Å². The number of fused-ring (bicyclic) bond motifs is 2. The van der Waals surface area contributed by atoms with Gasteiger partial charge >= 0.3 is 0 Å². The number of aryl methyl sites for hydroxylation is 1. The Labute approximate surface area is 185 Å². The van der Waals surface area contributed by atoms with Crippen LogP contribution in [0.1, 0.15) is 5.56 Å². The average molecular weight is 425 g/mol. The van der Waals surface area contributed by atoms with E-state index < -0.39 is 0 Å². The Morgan fingerprint density at radius 2 is 1.88 bits per heavy atom. The Kier molecular flexibility index (Phi) is 4.39. The van der Waals surface area contributed by atoms with Gasteiger partial charge in [0.2, 0.25) is 0 Å². The van der Waals surface area contributed by atoms with E-state index in [-0.39, 0.29) is 0 Å². The minimum Gasteiger partial charge on any atom is -0.367 e. The second-order valence-electron chi connectivity index (χ2n) is 8.43. The van der Waals surface area contributed by atoms with Crippen molar-refractivity contribution in [2.24, 2.45) is 0 Å². The van der Waals surface area contributed by atoms with Gasteiger partial charge in [-0.3, -0.25) is 10.1 Å². The summed E-state index contributed by atoms with van der Waals surface area (Å²) in [6, 6.07) is 10.4. The zero-order valence-electron chi connectivity index (χ0n) is 18.1. The van der Waals surface area contributed by atoms with Crippen molar-refractivity contribution in [2.45, 2.75) is 6.92 Å². The molecule has 6 rings (SSSR count). The van der Waals surface area contributed by atoms with E-state index in [1.807, 2.05) is 24.7 Å². The van der Waals surface area contributed by atoms with Gasteiger partial charge in [-0.25, -0.2) is 9.97 Å². The number of nitrogens with one attached hydrogen (secondary N) is 2. The zero-order chi connectivity index (χ0) is 21.7. The van der Waals surface area contributed by atoms with Crippen molar-refractivity contribution >= 4 is 27.8 Å². The van der Waals surface area contributed by atoms with Crippen molar-refractivity contribution < 1.29 is 0 Å². The molecule has 1 aromatic carbocycles. The number of likely N-dealkylation sites (N-methyl/N-ethyl adjacent to an activating group) is 1. The zero-order valence-corrected chi connectivity index (χ0v) is 18.1. The number of aromatic nitrogens is 6. The number of aromatic amines is 2. The monoisotopic (exact) mass is 424 g/mol. The van der Waals surface area contributed by atoms with Crippen LogP contribution in [0.4, 0.5) is 5.69 Å². The van der Waals surface area contributed by atoms with Crippen LogP contribution in [0.15, 0.2) is 48.9 Å². The molecule has 0 bridgehead atoms. The van der Waals surface area contributed by atoms with E-state index in [1.165, 1.54) is 5.56 Å². The molecule has 1 aliphatic heterocycles. The third kappa shape index (κ3) is 3.11. The van der Waals surface area contributed by atoms with Crippen LogP contribution in [0.3, 0.4) is 0 Å². The van der Waals surface area contributed by atoms with E-state index in [9.17, 15) is 0 Å². The maximum absolute atomic E-state index is 4.80. The fourth-order valence-corrected chi connectivity index (χ4v) is 4.45. The fourth-order valence-electron chi connectivity index (χ4n) is 4.45. The highest BCUT2D eigenvalue weighted by Crippen LogP contribution is 2.32. The summed E-state index contributed by atoms with van der Waals surface area (Å²) < 4.78 is 0. The van der Waals surface area contributed by atoms with Crippen LogP contribution >= 0.6 is 0 Å². The van der Waals surface area contributed by atoms with Crippen molar-refractivity contribution in [3.63, 3.8) is 0 Å².